The number of amides is 1. The van der Waals surface area contributed by atoms with Crippen LogP contribution in [0.15, 0.2) is 114 Å². The van der Waals surface area contributed by atoms with Crippen LogP contribution in [0, 0.1) is 5.92 Å². The molecule has 3 heterocycles. The molecule has 0 N–H and O–H groups in total. The normalized spacial score (nSPS) is 20.9. The van der Waals surface area contributed by atoms with E-state index in [0.29, 0.717) is 0 Å². The Hall–Kier alpha value is -3.76. The molecule has 0 bridgehead atoms. The van der Waals surface area contributed by atoms with Gasteiger partial charge in [0.25, 0.3) is 0 Å². The monoisotopic (exact) mass is 472 g/mol. The molecule has 1 aromatic heterocycles. The molecular weight excluding hydrogens is 448 g/mol. The van der Waals surface area contributed by atoms with E-state index in [1.54, 1.807) is 0 Å². The summed E-state index contributed by atoms with van der Waals surface area (Å²) in [5.41, 5.74) is 7.06. The first kappa shape index (κ1) is 20.6. The second-order valence-electron chi connectivity index (χ2n) is 9.32. The van der Waals surface area contributed by atoms with Crippen LogP contribution in [0.5, 0.6) is 0 Å². The Kier molecular flexibility index (Phi) is 4.64. The zero-order chi connectivity index (χ0) is 23.5. The molecule has 0 saturated carbocycles. The van der Waals surface area contributed by atoms with E-state index < -0.39 is 0 Å². The number of hydrogen-bond acceptors (Lipinski definition) is 2. The van der Waals surface area contributed by atoms with E-state index in [1.165, 1.54) is 32.6 Å². The summed E-state index contributed by atoms with van der Waals surface area (Å²) in [6.45, 7) is 0. The molecular formula is C31H24N2OS. The average Bonchev–Trinajstić information content (AvgIpc) is 3.26. The first-order valence-corrected chi connectivity index (χ1v) is 12.9. The van der Waals surface area contributed by atoms with Crippen molar-refractivity contribution >= 4 is 34.3 Å². The summed E-state index contributed by atoms with van der Waals surface area (Å²) in [4.78, 5) is 15.9. The van der Waals surface area contributed by atoms with Gasteiger partial charge in [-0.05, 0) is 35.4 Å². The number of hydrogen-bond donors (Lipinski definition) is 0. The van der Waals surface area contributed by atoms with E-state index in [0.717, 1.165) is 11.4 Å². The van der Waals surface area contributed by atoms with Crippen LogP contribution in [0.3, 0.4) is 0 Å². The topological polar surface area (TPSA) is 25.2 Å². The number of nitrogens with zero attached hydrogens (tertiary/aromatic N) is 2. The lowest BCUT2D eigenvalue weighted by molar-refractivity contribution is -0.123. The van der Waals surface area contributed by atoms with Gasteiger partial charge < -0.3 is 9.47 Å². The summed E-state index contributed by atoms with van der Waals surface area (Å²) < 4.78 is 2.40. The van der Waals surface area contributed by atoms with Crippen LogP contribution in [-0.4, -0.2) is 17.5 Å². The third-order valence-corrected chi connectivity index (χ3v) is 8.94. The first-order chi connectivity index (χ1) is 17.2. The Morgan fingerprint density at radius 3 is 2.20 bits per heavy atom. The third-order valence-electron chi connectivity index (χ3n) is 7.49. The second kappa shape index (κ2) is 7.89. The lowest BCUT2D eigenvalue weighted by Crippen LogP contribution is -2.44. The lowest BCUT2D eigenvalue weighted by atomic mass is 9.73. The zero-order valence-electron chi connectivity index (χ0n) is 19.3. The molecule has 2 aliphatic heterocycles. The molecule has 0 spiro atoms. The minimum atomic E-state index is -0.176. The van der Waals surface area contributed by atoms with E-state index >= 15 is 0 Å². The van der Waals surface area contributed by atoms with Crippen molar-refractivity contribution in [2.24, 2.45) is 5.92 Å². The van der Waals surface area contributed by atoms with Crippen LogP contribution in [0.25, 0.3) is 16.6 Å². The van der Waals surface area contributed by atoms with Crippen molar-refractivity contribution in [2.75, 3.05) is 11.9 Å². The van der Waals surface area contributed by atoms with Crippen LogP contribution >= 0.6 is 11.8 Å². The molecule has 0 unspecified atom stereocenters. The largest absolute Gasteiger partial charge is 0.315 e. The van der Waals surface area contributed by atoms with Gasteiger partial charge in [-0.1, -0.05) is 96.7 Å². The van der Waals surface area contributed by atoms with E-state index in [-0.39, 0.29) is 23.0 Å². The predicted octanol–water partition coefficient (Wildman–Crippen LogP) is 7.20. The molecule has 2 aliphatic rings. The van der Waals surface area contributed by atoms with Gasteiger partial charge in [-0.15, -0.1) is 0 Å². The van der Waals surface area contributed by atoms with Gasteiger partial charge in [0.2, 0.25) is 5.91 Å². The molecule has 5 aromatic rings. The maximum absolute atomic E-state index is 14.0. The first-order valence-electron chi connectivity index (χ1n) is 12.0. The van der Waals surface area contributed by atoms with Crippen molar-refractivity contribution in [3.05, 3.63) is 126 Å². The van der Waals surface area contributed by atoms with Crippen LogP contribution in [0.2, 0.25) is 0 Å². The molecule has 4 heteroatoms. The Bertz CT molecular complexity index is 1570. The number of rotatable bonds is 2. The van der Waals surface area contributed by atoms with Gasteiger partial charge in [0, 0.05) is 40.5 Å². The number of fused-ring (bicyclic) bond motifs is 7. The smallest absolute Gasteiger partial charge is 0.232 e. The quantitative estimate of drug-likeness (QED) is 0.271. The molecule has 3 nitrogen and oxygen atoms in total. The average molecular weight is 473 g/mol. The maximum atomic E-state index is 14.0. The molecule has 7 rings (SSSR count). The Balaban J connectivity index is 1.59. The van der Waals surface area contributed by atoms with Gasteiger partial charge in [0.05, 0.1) is 16.5 Å². The molecule has 4 aromatic carbocycles. The van der Waals surface area contributed by atoms with Gasteiger partial charge in [-0.3, -0.25) is 4.79 Å². The summed E-state index contributed by atoms with van der Waals surface area (Å²) in [5, 5.41) is 2.48. The maximum Gasteiger partial charge on any atom is 0.232 e. The summed E-state index contributed by atoms with van der Waals surface area (Å²) in [6, 6.07) is 38.2. The zero-order valence-corrected chi connectivity index (χ0v) is 20.2. The van der Waals surface area contributed by atoms with E-state index in [1.807, 2.05) is 35.8 Å². The minimum Gasteiger partial charge on any atom is -0.315 e. The Morgan fingerprint density at radius 1 is 0.743 bits per heavy atom. The summed E-state index contributed by atoms with van der Waals surface area (Å²) in [7, 11) is 1.92. The predicted molar refractivity (Wildman–Crippen MR) is 143 cm³/mol. The fraction of sp³-hybridized carbons (Fsp3) is 0.129. The van der Waals surface area contributed by atoms with Crippen molar-refractivity contribution in [2.45, 2.75) is 16.2 Å². The van der Waals surface area contributed by atoms with Gasteiger partial charge >= 0.3 is 0 Å². The molecule has 0 aliphatic carbocycles. The SMILES string of the molecule is CN1C(=O)[C@@H]2[C@H](c3ccccc31)c1c(n(-c3ccccc3)c3ccccc13)S[C@H]2c1ccccc1. The molecule has 0 radical (unpaired) electrons. The van der Waals surface area contributed by atoms with E-state index in [2.05, 4.69) is 102 Å². The van der Waals surface area contributed by atoms with Crippen molar-refractivity contribution in [1.29, 1.82) is 0 Å². The van der Waals surface area contributed by atoms with Gasteiger partial charge in [0.15, 0.2) is 0 Å². The lowest BCUT2D eigenvalue weighted by Gasteiger charge is -2.44. The van der Waals surface area contributed by atoms with Crippen LogP contribution < -0.4 is 4.90 Å². The van der Waals surface area contributed by atoms with Crippen LogP contribution in [-0.2, 0) is 4.79 Å². The molecule has 0 fully saturated rings. The van der Waals surface area contributed by atoms with Crippen molar-refractivity contribution in [3.63, 3.8) is 0 Å². The molecule has 170 valence electrons. The highest BCUT2D eigenvalue weighted by Crippen LogP contribution is 2.61. The number of aromatic nitrogens is 1. The van der Waals surface area contributed by atoms with Gasteiger partial charge in [-0.25, -0.2) is 0 Å². The molecule has 1 amide bonds. The molecule has 3 atom stereocenters. The third kappa shape index (κ3) is 2.96. The number of para-hydroxylation sites is 3. The standard InChI is InChI=1S/C31H24N2OS/c1-32-24-18-10-8-16-22(24)26-27-23-17-9-11-19-25(23)33(21-14-6-3-7-15-21)31(27)35-29(28(26)30(32)34)20-12-4-2-5-13-20/h2-19,26,28-29H,1H3/t26-,28-,29+/m1/s1. The number of anilines is 1. The Morgan fingerprint density at radius 2 is 1.40 bits per heavy atom. The highest BCUT2D eigenvalue weighted by molar-refractivity contribution is 7.99. The molecule has 35 heavy (non-hydrogen) atoms. The fourth-order valence-corrected chi connectivity index (χ4v) is 7.60. The van der Waals surface area contributed by atoms with Crippen LogP contribution in [0.1, 0.15) is 27.9 Å². The number of carbonyl (C=O) groups is 1. The number of thioether (sulfide) groups is 1. The summed E-state index contributed by atoms with van der Waals surface area (Å²) in [5.74, 6) is 0.00768. The number of benzene rings is 4. The highest BCUT2D eigenvalue weighted by atomic mass is 32.2. The van der Waals surface area contributed by atoms with Gasteiger partial charge in [-0.2, -0.15) is 0 Å². The summed E-state index contributed by atoms with van der Waals surface area (Å²) in [6.07, 6.45) is 0. The fourth-order valence-electron chi connectivity index (χ4n) is 5.98. The van der Waals surface area contributed by atoms with Crippen molar-refractivity contribution in [3.8, 4) is 5.69 Å². The second-order valence-corrected chi connectivity index (χ2v) is 10.4. The number of carbonyl (C=O) groups excluding carboxylic acids is 1. The van der Waals surface area contributed by atoms with E-state index in [9.17, 15) is 4.79 Å². The minimum absolute atomic E-state index is 0.00813. The van der Waals surface area contributed by atoms with Gasteiger partial charge in [0.1, 0.15) is 0 Å². The van der Waals surface area contributed by atoms with Crippen molar-refractivity contribution < 1.29 is 4.79 Å². The van der Waals surface area contributed by atoms with Crippen molar-refractivity contribution in [1.82, 2.24) is 4.57 Å². The van der Waals surface area contributed by atoms with Crippen LogP contribution in [0.4, 0.5) is 5.69 Å². The highest BCUT2D eigenvalue weighted by Gasteiger charge is 2.50. The molecule has 0 saturated heterocycles. The summed E-state index contributed by atoms with van der Waals surface area (Å²) >= 11 is 1.84. The Labute approximate surface area is 209 Å². The van der Waals surface area contributed by atoms with E-state index in [4.69, 9.17) is 0 Å².